The Bertz CT molecular complexity index is 503. The lowest BCUT2D eigenvalue weighted by molar-refractivity contribution is 0.120. The van der Waals surface area contributed by atoms with Crippen molar-refractivity contribution in [3.05, 3.63) is 35.4 Å². The quantitative estimate of drug-likeness (QED) is 0.393. The van der Waals surface area contributed by atoms with Crippen LogP contribution in [0.25, 0.3) is 0 Å². The predicted octanol–water partition coefficient (Wildman–Crippen LogP) is 5.50. The first-order valence-corrected chi connectivity index (χ1v) is 9.96. The molecule has 0 amide bonds. The summed E-state index contributed by atoms with van der Waals surface area (Å²) in [6, 6.07) is 8.67. The molecule has 0 bridgehead atoms. The third-order valence-corrected chi connectivity index (χ3v) is 5.67. The zero-order valence-corrected chi connectivity index (χ0v) is 16.0. The average molecular weight is 342 g/mol. The zero-order chi connectivity index (χ0) is 17.3. The zero-order valence-electron chi connectivity index (χ0n) is 15.1. The highest BCUT2D eigenvalue weighted by atomic mass is 31.2. The average Bonchev–Trinajstić information content (AvgIpc) is 2.52. The lowest BCUT2D eigenvalue weighted by Crippen LogP contribution is -2.15. The third-order valence-electron chi connectivity index (χ3n) is 4.03. The summed E-state index contributed by atoms with van der Waals surface area (Å²) in [6.45, 7) is 11.3. The molecule has 132 valence electrons. The molecular formula is C18H31O4P. The number of rotatable bonds is 11. The largest absolute Gasteiger partial charge is 0.474 e. The van der Waals surface area contributed by atoms with E-state index in [9.17, 15) is 4.57 Å². The maximum absolute atomic E-state index is 12.2. The Morgan fingerprint density at radius 3 is 2.26 bits per heavy atom. The normalized spacial score (nSPS) is 12.6. The molecule has 0 aliphatic rings. The number of benzene rings is 1. The van der Waals surface area contributed by atoms with Gasteiger partial charge in [0.05, 0.1) is 19.8 Å². The second-order valence-corrected chi connectivity index (χ2v) is 7.83. The van der Waals surface area contributed by atoms with Gasteiger partial charge >= 0.3 is 7.82 Å². The first kappa shape index (κ1) is 20.4. The van der Waals surface area contributed by atoms with E-state index in [1.54, 1.807) is 13.8 Å². The van der Waals surface area contributed by atoms with E-state index < -0.39 is 7.82 Å². The number of phosphoric acid groups is 1. The summed E-state index contributed by atoms with van der Waals surface area (Å²) in [5, 5.41) is 0. The Labute approximate surface area is 141 Å². The van der Waals surface area contributed by atoms with Gasteiger partial charge in [-0.05, 0) is 49.7 Å². The molecule has 0 radical (unpaired) electrons. The van der Waals surface area contributed by atoms with Crippen LogP contribution in [0.1, 0.15) is 58.6 Å². The van der Waals surface area contributed by atoms with Crippen molar-refractivity contribution in [1.82, 2.24) is 0 Å². The van der Waals surface area contributed by atoms with Crippen molar-refractivity contribution in [2.24, 2.45) is 0 Å². The second kappa shape index (κ2) is 9.58. The van der Waals surface area contributed by atoms with Gasteiger partial charge in [-0.1, -0.05) is 45.0 Å². The minimum absolute atomic E-state index is 0.187. The number of hydrogen-bond donors (Lipinski definition) is 0. The Kier molecular flexibility index (Phi) is 8.49. The van der Waals surface area contributed by atoms with Crippen molar-refractivity contribution in [2.75, 3.05) is 19.8 Å². The molecule has 0 saturated heterocycles. The van der Waals surface area contributed by atoms with E-state index in [1.807, 2.05) is 0 Å². The lowest BCUT2D eigenvalue weighted by Gasteiger charge is -2.24. The third kappa shape index (κ3) is 6.76. The van der Waals surface area contributed by atoms with E-state index in [-0.39, 0.29) is 5.41 Å². The molecule has 1 aromatic rings. The van der Waals surface area contributed by atoms with E-state index in [0.29, 0.717) is 19.8 Å². The van der Waals surface area contributed by atoms with Crippen LogP contribution < -0.4 is 0 Å². The highest BCUT2D eigenvalue weighted by molar-refractivity contribution is 7.48. The molecule has 1 aromatic carbocycles. The van der Waals surface area contributed by atoms with Gasteiger partial charge in [0.25, 0.3) is 0 Å². The smallest absolute Gasteiger partial charge is 0.287 e. The van der Waals surface area contributed by atoms with Crippen LogP contribution in [0.15, 0.2) is 24.3 Å². The van der Waals surface area contributed by atoms with Crippen LogP contribution >= 0.6 is 7.82 Å². The van der Waals surface area contributed by atoms with Gasteiger partial charge in [-0.2, -0.15) is 0 Å². The fourth-order valence-corrected chi connectivity index (χ4v) is 3.44. The van der Waals surface area contributed by atoms with E-state index >= 15 is 0 Å². The van der Waals surface area contributed by atoms with Crippen LogP contribution in [0.3, 0.4) is 0 Å². The fraction of sp³-hybridized carbons (Fsp3) is 0.667. The van der Waals surface area contributed by atoms with Crippen LogP contribution in [-0.4, -0.2) is 19.8 Å². The monoisotopic (exact) mass is 342 g/mol. The molecule has 0 aromatic heterocycles. The summed E-state index contributed by atoms with van der Waals surface area (Å²) in [5.74, 6) is 0. The van der Waals surface area contributed by atoms with Gasteiger partial charge < -0.3 is 0 Å². The van der Waals surface area contributed by atoms with E-state index in [4.69, 9.17) is 13.6 Å². The maximum atomic E-state index is 12.2. The van der Waals surface area contributed by atoms with Gasteiger partial charge in [-0.3, -0.25) is 13.6 Å². The number of phosphoric ester groups is 1. The number of hydrogen-bond acceptors (Lipinski definition) is 4. The van der Waals surface area contributed by atoms with Gasteiger partial charge in [0.15, 0.2) is 0 Å². The highest BCUT2D eigenvalue weighted by Crippen LogP contribution is 2.49. The van der Waals surface area contributed by atoms with E-state index in [1.165, 1.54) is 11.1 Å². The summed E-state index contributed by atoms with van der Waals surface area (Å²) in [6.07, 6.45) is 2.76. The Balaban J connectivity index is 2.53. The molecule has 23 heavy (non-hydrogen) atoms. The summed E-state index contributed by atoms with van der Waals surface area (Å²) >= 11 is 0. The minimum atomic E-state index is -3.38. The van der Waals surface area contributed by atoms with Crippen molar-refractivity contribution in [3.63, 3.8) is 0 Å². The molecule has 0 fully saturated rings. The Hall–Kier alpha value is -0.670. The van der Waals surface area contributed by atoms with Gasteiger partial charge in [0, 0.05) is 0 Å². The van der Waals surface area contributed by atoms with E-state index in [0.717, 1.165) is 19.3 Å². The fourth-order valence-electron chi connectivity index (χ4n) is 2.23. The van der Waals surface area contributed by atoms with Crippen LogP contribution in [0.2, 0.25) is 0 Å². The molecule has 5 heteroatoms. The van der Waals surface area contributed by atoms with Crippen LogP contribution in [0.5, 0.6) is 0 Å². The van der Waals surface area contributed by atoms with Crippen molar-refractivity contribution in [2.45, 2.75) is 59.3 Å². The molecule has 0 atom stereocenters. The van der Waals surface area contributed by atoms with Gasteiger partial charge in [-0.25, -0.2) is 4.57 Å². The summed E-state index contributed by atoms with van der Waals surface area (Å²) in [4.78, 5) is 0. The van der Waals surface area contributed by atoms with Crippen LogP contribution in [0.4, 0.5) is 0 Å². The molecule has 0 heterocycles. The molecule has 0 unspecified atom stereocenters. The first-order chi connectivity index (χ1) is 10.9. The molecule has 0 spiro atoms. The molecule has 0 saturated carbocycles. The molecule has 4 nitrogen and oxygen atoms in total. The molecule has 1 rings (SSSR count). The Morgan fingerprint density at radius 1 is 1.04 bits per heavy atom. The summed E-state index contributed by atoms with van der Waals surface area (Å²) in [7, 11) is -3.38. The molecular weight excluding hydrogens is 311 g/mol. The standard InChI is InChI=1S/C18H31O4P/c1-6-18(4,5)17-13-9-11-16(15-17)12-10-14-22-23(19,20-7-2)21-8-3/h9,11,13,15H,6-8,10,12,14H2,1-5H3. The van der Waals surface area contributed by atoms with Gasteiger partial charge in [0.2, 0.25) is 0 Å². The second-order valence-electron chi connectivity index (χ2n) is 6.16. The van der Waals surface area contributed by atoms with E-state index in [2.05, 4.69) is 45.0 Å². The van der Waals surface area contributed by atoms with Crippen molar-refractivity contribution in [3.8, 4) is 0 Å². The minimum Gasteiger partial charge on any atom is -0.287 e. The topological polar surface area (TPSA) is 44.8 Å². The van der Waals surface area contributed by atoms with Crippen LogP contribution in [-0.2, 0) is 30.0 Å². The summed E-state index contributed by atoms with van der Waals surface area (Å²) in [5.41, 5.74) is 2.81. The Morgan fingerprint density at radius 2 is 1.70 bits per heavy atom. The van der Waals surface area contributed by atoms with Crippen molar-refractivity contribution in [1.29, 1.82) is 0 Å². The molecule has 0 aliphatic carbocycles. The maximum Gasteiger partial charge on any atom is 0.474 e. The first-order valence-electron chi connectivity index (χ1n) is 8.50. The van der Waals surface area contributed by atoms with Crippen LogP contribution in [0, 0.1) is 0 Å². The summed E-state index contributed by atoms with van der Waals surface area (Å²) < 4.78 is 27.8. The molecule has 0 aliphatic heterocycles. The number of aryl methyl sites for hydroxylation is 1. The van der Waals surface area contributed by atoms with Crippen molar-refractivity contribution >= 4 is 7.82 Å². The van der Waals surface area contributed by atoms with Crippen molar-refractivity contribution < 1.29 is 18.1 Å². The van der Waals surface area contributed by atoms with Gasteiger partial charge in [0.1, 0.15) is 0 Å². The predicted molar refractivity (Wildman–Crippen MR) is 94.9 cm³/mol. The highest BCUT2D eigenvalue weighted by Gasteiger charge is 2.24. The van der Waals surface area contributed by atoms with Gasteiger partial charge in [-0.15, -0.1) is 0 Å². The molecule has 0 N–H and O–H groups in total. The lowest BCUT2D eigenvalue weighted by atomic mass is 9.81. The SMILES string of the molecule is CCOP(=O)(OCC)OCCCc1cccc(C(C)(C)CC)c1.